The number of alkyl halides is 3. The molecule has 0 bridgehead atoms. The highest BCUT2D eigenvalue weighted by atomic mass is 35.5. The van der Waals surface area contributed by atoms with Gasteiger partial charge in [-0.25, -0.2) is 4.98 Å². The van der Waals surface area contributed by atoms with Crippen LogP contribution in [0.2, 0.25) is 5.02 Å². The van der Waals surface area contributed by atoms with Gasteiger partial charge in [-0.15, -0.1) is 0 Å². The van der Waals surface area contributed by atoms with Crippen LogP contribution >= 0.6 is 23.2 Å². The first kappa shape index (κ1) is 18.2. The summed E-state index contributed by atoms with van der Waals surface area (Å²) in [7, 11) is 1.37. The molecule has 1 aromatic heterocycles. The maximum atomic E-state index is 13.0. The molecule has 1 heterocycles. The summed E-state index contributed by atoms with van der Waals surface area (Å²) in [6.45, 7) is 0. The third-order valence-corrected chi connectivity index (χ3v) is 3.72. The SMILES string of the molecule is CN=C(Cl)c1ccc(C(F)(F)F)nc1N(C=O)c1ccccc1Cl. The van der Waals surface area contributed by atoms with Gasteiger partial charge in [-0.3, -0.25) is 14.7 Å². The average Bonchev–Trinajstić information content (AvgIpc) is 2.55. The van der Waals surface area contributed by atoms with E-state index in [4.69, 9.17) is 23.2 Å². The van der Waals surface area contributed by atoms with Crippen LogP contribution in [0.5, 0.6) is 0 Å². The molecule has 0 spiro atoms. The van der Waals surface area contributed by atoms with Gasteiger partial charge in [0.05, 0.1) is 16.3 Å². The lowest BCUT2D eigenvalue weighted by Crippen LogP contribution is -2.21. The van der Waals surface area contributed by atoms with Crippen molar-refractivity contribution in [3.8, 4) is 0 Å². The van der Waals surface area contributed by atoms with E-state index in [9.17, 15) is 18.0 Å². The molecule has 0 saturated carbocycles. The van der Waals surface area contributed by atoms with Crippen molar-refractivity contribution in [3.63, 3.8) is 0 Å². The summed E-state index contributed by atoms with van der Waals surface area (Å²) in [6, 6.07) is 8.04. The van der Waals surface area contributed by atoms with Crippen LogP contribution in [0.4, 0.5) is 24.7 Å². The van der Waals surface area contributed by atoms with Crippen LogP contribution in [-0.4, -0.2) is 23.6 Å². The van der Waals surface area contributed by atoms with Gasteiger partial charge in [-0.2, -0.15) is 13.2 Å². The Kier molecular flexibility index (Phi) is 5.46. The summed E-state index contributed by atoms with van der Waals surface area (Å²) in [6.07, 6.45) is -4.37. The number of rotatable bonds is 4. The Morgan fingerprint density at radius 1 is 1.25 bits per heavy atom. The molecule has 0 aliphatic carbocycles. The number of carbonyl (C=O) groups excluding carboxylic acids is 1. The second-order valence-electron chi connectivity index (χ2n) is 4.51. The van der Waals surface area contributed by atoms with Crippen molar-refractivity contribution in [3.05, 3.63) is 52.7 Å². The third-order valence-electron chi connectivity index (χ3n) is 3.03. The van der Waals surface area contributed by atoms with E-state index in [1.165, 1.54) is 19.2 Å². The second-order valence-corrected chi connectivity index (χ2v) is 5.27. The standard InChI is InChI=1S/C15H10Cl2F3N3O/c1-21-13(17)9-6-7-12(15(18,19)20)22-14(9)23(8-24)11-5-3-2-4-10(11)16/h2-8H,1H3. The normalized spacial score (nSPS) is 12.2. The van der Waals surface area contributed by atoms with Crippen LogP contribution in [-0.2, 0) is 11.0 Å². The molecule has 9 heteroatoms. The van der Waals surface area contributed by atoms with E-state index in [2.05, 4.69) is 9.98 Å². The van der Waals surface area contributed by atoms with Crippen molar-refractivity contribution in [2.24, 2.45) is 4.99 Å². The lowest BCUT2D eigenvalue weighted by atomic mass is 10.2. The highest BCUT2D eigenvalue weighted by molar-refractivity contribution is 6.70. The highest BCUT2D eigenvalue weighted by Gasteiger charge is 2.34. The minimum absolute atomic E-state index is 0.0687. The summed E-state index contributed by atoms with van der Waals surface area (Å²) in [4.78, 5) is 19.7. The van der Waals surface area contributed by atoms with E-state index in [1.807, 2.05) is 0 Å². The molecule has 0 radical (unpaired) electrons. The Balaban J connectivity index is 2.72. The first-order chi connectivity index (χ1) is 11.3. The van der Waals surface area contributed by atoms with E-state index in [0.717, 1.165) is 17.0 Å². The third kappa shape index (κ3) is 3.68. The van der Waals surface area contributed by atoms with Gasteiger partial charge in [0, 0.05) is 7.05 Å². The monoisotopic (exact) mass is 375 g/mol. The van der Waals surface area contributed by atoms with E-state index in [0.29, 0.717) is 6.41 Å². The van der Waals surface area contributed by atoms with Gasteiger partial charge in [-0.05, 0) is 24.3 Å². The number of aromatic nitrogens is 1. The van der Waals surface area contributed by atoms with Crippen molar-refractivity contribution in [1.82, 2.24) is 4.98 Å². The van der Waals surface area contributed by atoms with Crippen LogP contribution < -0.4 is 4.90 Å². The van der Waals surface area contributed by atoms with Gasteiger partial charge in [0.1, 0.15) is 10.9 Å². The number of hydrogen-bond acceptors (Lipinski definition) is 3. The van der Waals surface area contributed by atoms with Gasteiger partial charge in [-0.1, -0.05) is 35.3 Å². The molecule has 0 unspecified atom stereocenters. The predicted octanol–water partition coefficient (Wildman–Crippen LogP) is 4.66. The molecular formula is C15H10Cl2F3N3O. The zero-order valence-electron chi connectivity index (χ0n) is 12.2. The molecule has 1 aromatic carbocycles. The molecule has 2 rings (SSSR count). The molecule has 0 saturated heterocycles. The topological polar surface area (TPSA) is 45.6 Å². The maximum Gasteiger partial charge on any atom is 0.433 e. The summed E-state index contributed by atoms with van der Waals surface area (Å²) < 4.78 is 38.9. The summed E-state index contributed by atoms with van der Waals surface area (Å²) in [5, 5.41) is 0.0736. The zero-order valence-corrected chi connectivity index (χ0v) is 13.7. The molecule has 4 nitrogen and oxygen atoms in total. The first-order valence-corrected chi connectivity index (χ1v) is 7.25. The molecule has 0 N–H and O–H groups in total. The number of benzene rings is 1. The maximum absolute atomic E-state index is 13.0. The van der Waals surface area contributed by atoms with Crippen molar-refractivity contribution in [2.45, 2.75) is 6.18 Å². The Hall–Kier alpha value is -2.12. The number of anilines is 2. The number of hydrogen-bond donors (Lipinski definition) is 0. The number of halogens is 5. The van der Waals surface area contributed by atoms with Gasteiger partial charge in [0.25, 0.3) is 0 Å². The van der Waals surface area contributed by atoms with Crippen LogP contribution in [0.3, 0.4) is 0 Å². The minimum Gasteiger partial charge on any atom is -0.278 e. The number of nitrogens with zero attached hydrogens (tertiary/aromatic N) is 3. The molecule has 0 atom stereocenters. The molecule has 0 aliphatic heterocycles. The van der Waals surface area contributed by atoms with Crippen LogP contribution in [0, 0.1) is 0 Å². The first-order valence-electron chi connectivity index (χ1n) is 6.49. The molecule has 2 aromatic rings. The molecule has 1 amide bonds. The summed E-state index contributed by atoms with van der Waals surface area (Å²) in [5.41, 5.74) is -0.928. The second kappa shape index (κ2) is 7.19. The Morgan fingerprint density at radius 3 is 2.46 bits per heavy atom. The Morgan fingerprint density at radius 2 is 1.92 bits per heavy atom. The number of para-hydroxylation sites is 1. The fraction of sp³-hybridized carbons (Fsp3) is 0.133. The van der Waals surface area contributed by atoms with Gasteiger partial charge >= 0.3 is 6.18 Å². The van der Waals surface area contributed by atoms with E-state index < -0.39 is 11.9 Å². The largest absolute Gasteiger partial charge is 0.433 e. The predicted molar refractivity (Wildman–Crippen MR) is 87.2 cm³/mol. The smallest absolute Gasteiger partial charge is 0.278 e. The van der Waals surface area contributed by atoms with Crippen LogP contribution in [0.15, 0.2) is 41.4 Å². The average molecular weight is 376 g/mol. The van der Waals surface area contributed by atoms with E-state index in [-0.39, 0.29) is 27.3 Å². The number of aliphatic imine (C=N–C) groups is 1. The molecule has 0 fully saturated rings. The fourth-order valence-electron chi connectivity index (χ4n) is 1.94. The Bertz CT molecular complexity index is 794. The summed E-state index contributed by atoms with van der Waals surface area (Å²) in [5.74, 6) is -0.316. The fourth-order valence-corrected chi connectivity index (χ4v) is 2.31. The van der Waals surface area contributed by atoms with Crippen molar-refractivity contribution < 1.29 is 18.0 Å². The number of pyridine rings is 1. The highest BCUT2D eigenvalue weighted by Crippen LogP contribution is 2.35. The van der Waals surface area contributed by atoms with Crippen molar-refractivity contribution in [1.29, 1.82) is 0 Å². The molecule has 24 heavy (non-hydrogen) atoms. The lowest BCUT2D eigenvalue weighted by molar-refractivity contribution is -0.141. The quantitative estimate of drug-likeness (QED) is 0.576. The van der Waals surface area contributed by atoms with Gasteiger partial charge < -0.3 is 0 Å². The van der Waals surface area contributed by atoms with Gasteiger partial charge in [0.15, 0.2) is 5.82 Å². The van der Waals surface area contributed by atoms with E-state index in [1.54, 1.807) is 12.1 Å². The number of amides is 1. The van der Waals surface area contributed by atoms with Crippen LogP contribution in [0.25, 0.3) is 0 Å². The molecular weight excluding hydrogens is 366 g/mol. The van der Waals surface area contributed by atoms with Crippen molar-refractivity contribution in [2.75, 3.05) is 11.9 Å². The minimum atomic E-state index is -4.68. The summed E-state index contributed by atoms with van der Waals surface area (Å²) >= 11 is 12.0. The van der Waals surface area contributed by atoms with Crippen molar-refractivity contribution >= 4 is 46.3 Å². The van der Waals surface area contributed by atoms with E-state index >= 15 is 0 Å². The zero-order chi connectivity index (χ0) is 17.9. The van der Waals surface area contributed by atoms with Crippen LogP contribution in [0.1, 0.15) is 11.3 Å². The lowest BCUT2D eigenvalue weighted by Gasteiger charge is -2.21. The molecule has 126 valence electrons. The Labute approximate surface area is 145 Å². The van der Waals surface area contributed by atoms with Gasteiger partial charge in [0.2, 0.25) is 6.41 Å². The molecule has 0 aliphatic rings. The number of carbonyl (C=O) groups is 1.